The van der Waals surface area contributed by atoms with E-state index in [2.05, 4.69) is 5.32 Å². The molecule has 2 rings (SSSR count). The Hall–Kier alpha value is -2.02. The standard InChI is InChI=1S/C19H26F2N2O3/c20-14-8-5-9-15(21)18(14)26-12-17(24)16(10-3-4-11-22)23-19(25)13-6-1-2-7-13/h5,8-9,13,16H,1-4,6-7,10-12,22H2,(H,23,25)/t16-/m0/s1. The van der Waals surface area contributed by atoms with Crippen molar-refractivity contribution in [2.24, 2.45) is 11.7 Å². The van der Waals surface area contributed by atoms with Gasteiger partial charge in [0.05, 0.1) is 6.04 Å². The van der Waals surface area contributed by atoms with E-state index in [4.69, 9.17) is 10.5 Å². The van der Waals surface area contributed by atoms with E-state index < -0.39 is 35.8 Å². The number of ketones is 1. The van der Waals surface area contributed by atoms with Crippen molar-refractivity contribution in [1.82, 2.24) is 5.32 Å². The molecule has 0 unspecified atom stereocenters. The van der Waals surface area contributed by atoms with Gasteiger partial charge in [-0.2, -0.15) is 0 Å². The maximum Gasteiger partial charge on any atom is 0.223 e. The number of nitrogens with two attached hydrogens (primary N) is 1. The molecule has 1 saturated carbocycles. The van der Waals surface area contributed by atoms with Crippen molar-refractivity contribution >= 4 is 11.7 Å². The molecule has 0 spiro atoms. The van der Waals surface area contributed by atoms with Gasteiger partial charge >= 0.3 is 0 Å². The molecule has 26 heavy (non-hydrogen) atoms. The summed E-state index contributed by atoms with van der Waals surface area (Å²) in [6.45, 7) is -0.00941. The molecule has 5 nitrogen and oxygen atoms in total. The van der Waals surface area contributed by atoms with Crippen LogP contribution in [0.2, 0.25) is 0 Å². The van der Waals surface area contributed by atoms with E-state index >= 15 is 0 Å². The summed E-state index contributed by atoms with van der Waals surface area (Å²) in [4.78, 5) is 24.8. The molecule has 0 bridgehead atoms. The van der Waals surface area contributed by atoms with Crippen LogP contribution in [-0.2, 0) is 9.59 Å². The molecule has 0 heterocycles. The molecule has 0 aliphatic heterocycles. The number of hydrogen-bond acceptors (Lipinski definition) is 4. The lowest BCUT2D eigenvalue weighted by Crippen LogP contribution is -2.45. The molecule has 1 aliphatic rings. The van der Waals surface area contributed by atoms with Crippen LogP contribution in [0.25, 0.3) is 0 Å². The first-order valence-electron chi connectivity index (χ1n) is 9.13. The van der Waals surface area contributed by atoms with Crippen LogP contribution in [0, 0.1) is 17.6 Å². The van der Waals surface area contributed by atoms with Gasteiger partial charge in [0.2, 0.25) is 5.91 Å². The molecule has 144 valence electrons. The van der Waals surface area contributed by atoms with Crippen molar-refractivity contribution < 1.29 is 23.1 Å². The summed E-state index contributed by atoms with van der Waals surface area (Å²) in [7, 11) is 0. The lowest BCUT2D eigenvalue weighted by molar-refractivity contribution is -0.131. The fraction of sp³-hybridized carbons (Fsp3) is 0.579. The number of para-hydroxylation sites is 1. The minimum atomic E-state index is -0.868. The van der Waals surface area contributed by atoms with Crippen LogP contribution in [0.3, 0.4) is 0 Å². The second kappa shape index (κ2) is 10.2. The Morgan fingerprint density at radius 2 is 1.85 bits per heavy atom. The van der Waals surface area contributed by atoms with Crippen LogP contribution in [-0.4, -0.2) is 30.9 Å². The molecular formula is C19H26F2N2O3. The highest BCUT2D eigenvalue weighted by atomic mass is 19.1. The average molecular weight is 368 g/mol. The molecule has 0 saturated heterocycles. The summed E-state index contributed by atoms with van der Waals surface area (Å²) in [6, 6.07) is 2.61. The smallest absolute Gasteiger partial charge is 0.223 e. The maximum absolute atomic E-state index is 13.6. The topological polar surface area (TPSA) is 81.4 Å². The van der Waals surface area contributed by atoms with Gasteiger partial charge in [0.15, 0.2) is 23.2 Å². The van der Waals surface area contributed by atoms with Gasteiger partial charge in [-0.25, -0.2) is 8.78 Å². The molecule has 3 N–H and O–H groups in total. The molecule has 1 aromatic carbocycles. The predicted molar refractivity (Wildman–Crippen MR) is 93.7 cm³/mol. The van der Waals surface area contributed by atoms with E-state index in [9.17, 15) is 18.4 Å². The largest absolute Gasteiger partial charge is 0.480 e. The highest BCUT2D eigenvalue weighted by Crippen LogP contribution is 2.25. The molecular weight excluding hydrogens is 342 g/mol. The third kappa shape index (κ3) is 5.76. The van der Waals surface area contributed by atoms with Crippen molar-refractivity contribution in [1.29, 1.82) is 0 Å². The third-order valence-corrected chi connectivity index (χ3v) is 4.66. The summed E-state index contributed by atoms with van der Waals surface area (Å²) in [5.74, 6) is -2.92. The summed E-state index contributed by atoms with van der Waals surface area (Å²) in [6.07, 6.45) is 5.51. The third-order valence-electron chi connectivity index (χ3n) is 4.66. The van der Waals surface area contributed by atoms with E-state index in [0.717, 1.165) is 44.2 Å². The second-order valence-corrected chi connectivity index (χ2v) is 6.63. The number of ether oxygens (including phenoxy) is 1. The number of benzene rings is 1. The zero-order valence-electron chi connectivity index (χ0n) is 14.8. The minimum absolute atomic E-state index is 0.0651. The summed E-state index contributed by atoms with van der Waals surface area (Å²) >= 11 is 0. The Labute approximate surface area is 152 Å². The number of nitrogens with one attached hydrogen (secondary N) is 1. The van der Waals surface area contributed by atoms with Gasteiger partial charge in [0.25, 0.3) is 0 Å². The number of hydrogen-bond donors (Lipinski definition) is 2. The van der Waals surface area contributed by atoms with Crippen molar-refractivity contribution in [2.75, 3.05) is 13.2 Å². The van der Waals surface area contributed by atoms with Crippen molar-refractivity contribution in [3.63, 3.8) is 0 Å². The Bertz CT molecular complexity index is 599. The van der Waals surface area contributed by atoms with Gasteiger partial charge in [-0.1, -0.05) is 18.9 Å². The monoisotopic (exact) mass is 368 g/mol. The molecule has 1 aromatic rings. The van der Waals surface area contributed by atoms with Crippen molar-refractivity contribution in [3.05, 3.63) is 29.8 Å². The van der Waals surface area contributed by atoms with Crippen LogP contribution >= 0.6 is 0 Å². The van der Waals surface area contributed by atoms with Crippen LogP contribution in [0.4, 0.5) is 8.78 Å². The van der Waals surface area contributed by atoms with Gasteiger partial charge in [-0.3, -0.25) is 9.59 Å². The summed E-state index contributed by atoms with van der Waals surface area (Å²) < 4.78 is 32.3. The Balaban J connectivity index is 1.96. The van der Waals surface area contributed by atoms with Crippen LogP contribution in [0.1, 0.15) is 44.9 Å². The second-order valence-electron chi connectivity index (χ2n) is 6.63. The maximum atomic E-state index is 13.6. The zero-order chi connectivity index (χ0) is 18.9. The fourth-order valence-corrected chi connectivity index (χ4v) is 3.15. The van der Waals surface area contributed by atoms with Gasteiger partial charge < -0.3 is 15.8 Å². The van der Waals surface area contributed by atoms with Crippen molar-refractivity contribution in [2.45, 2.75) is 51.0 Å². The average Bonchev–Trinajstić information content (AvgIpc) is 3.15. The van der Waals surface area contributed by atoms with E-state index in [1.54, 1.807) is 0 Å². The Kier molecular flexibility index (Phi) is 7.97. The number of amides is 1. The molecule has 1 amide bonds. The van der Waals surface area contributed by atoms with Gasteiger partial charge in [-0.15, -0.1) is 0 Å². The first-order chi connectivity index (χ1) is 12.5. The SMILES string of the molecule is NCCCC[C@H](NC(=O)C1CCCC1)C(=O)COc1c(F)cccc1F. The van der Waals surface area contributed by atoms with Gasteiger partial charge in [0, 0.05) is 5.92 Å². The number of rotatable bonds is 10. The first kappa shape index (κ1) is 20.3. The number of carbonyl (C=O) groups excluding carboxylic acids is 2. The van der Waals surface area contributed by atoms with Crippen LogP contribution in [0.5, 0.6) is 5.75 Å². The minimum Gasteiger partial charge on any atom is -0.480 e. The van der Waals surface area contributed by atoms with E-state index in [0.29, 0.717) is 19.4 Å². The molecule has 0 aromatic heterocycles. The quantitative estimate of drug-likeness (QED) is 0.622. The van der Waals surface area contributed by atoms with E-state index in [-0.39, 0.29) is 11.8 Å². The highest BCUT2D eigenvalue weighted by Gasteiger charge is 2.27. The zero-order valence-corrected chi connectivity index (χ0v) is 14.8. The van der Waals surface area contributed by atoms with E-state index in [1.165, 1.54) is 6.07 Å². The highest BCUT2D eigenvalue weighted by molar-refractivity contribution is 5.90. The Morgan fingerprint density at radius 3 is 2.46 bits per heavy atom. The molecule has 1 aliphatic carbocycles. The summed E-state index contributed by atoms with van der Waals surface area (Å²) in [5.41, 5.74) is 5.48. The molecule has 7 heteroatoms. The van der Waals surface area contributed by atoms with E-state index in [1.807, 2.05) is 0 Å². The van der Waals surface area contributed by atoms with Gasteiger partial charge in [0.1, 0.15) is 6.61 Å². The number of Topliss-reactive ketones (excluding diaryl/α,β-unsaturated/α-hetero) is 1. The molecule has 0 radical (unpaired) electrons. The predicted octanol–water partition coefficient (Wildman–Crippen LogP) is 2.72. The molecule has 1 atom stereocenters. The first-order valence-corrected chi connectivity index (χ1v) is 9.13. The lowest BCUT2D eigenvalue weighted by atomic mass is 10.0. The number of unbranched alkanes of at least 4 members (excludes halogenated alkanes) is 1. The summed E-state index contributed by atoms with van der Waals surface area (Å²) in [5, 5.41) is 2.79. The lowest BCUT2D eigenvalue weighted by Gasteiger charge is -2.20. The van der Waals surface area contributed by atoms with Gasteiger partial charge in [-0.05, 0) is 50.8 Å². The van der Waals surface area contributed by atoms with Crippen molar-refractivity contribution in [3.8, 4) is 5.75 Å². The Morgan fingerprint density at radius 1 is 1.19 bits per heavy atom. The molecule has 1 fully saturated rings. The number of halogens is 2. The van der Waals surface area contributed by atoms with Crippen LogP contribution in [0.15, 0.2) is 18.2 Å². The number of carbonyl (C=O) groups is 2. The fourth-order valence-electron chi connectivity index (χ4n) is 3.15. The normalized spacial score (nSPS) is 15.7. The van der Waals surface area contributed by atoms with Crippen LogP contribution < -0.4 is 15.8 Å².